The summed E-state index contributed by atoms with van der Waals surface area (Å²) in [5, 5.41) is 13.6. The lowest BCUT2D eigenvalue weighted by Crippen LogP contribution is -2.59. The number of carbonyl (C=O) groups excluding carboxylic acids is 2. The lowest BCUT2D eigenvalue weighted by Gasteiger charge is -2.37. The number of hydrogen-bond donors (Lipinski definition) is 2. The van der Waals surface area contributed by atoms with Crippen LogP contribution in [0.1, 0.15) is 41.6 Å². The van der Waals surface area contributed by atoms with Gasteiger partial charge in [0.2, 0.25) is 0 Å². The average molecular weight is 384 g/mol. The fourth-order valence-corrected chi connectivity index (χ4v) is 3.43. The van der Waals surface area contributed by atoms with Crippen LogP contribution in [0.15, 0.2) is 48.8 Å². The van der Waals surface area contributed by atoms with Crippen LogP contribution in [0.4, 0.5) is 0 Å². The summed E-state index contributed by atoms with van der Waals surface area (Å²) < 4.78 is 10.5. The van der Waals surface area contributed by atoms with Crippen molar-refractivity contribution in [3.05, 3.63) is 59.9 Å². The molecule has 1 heterocycles. The predicted octanol–water partition coefficient (Wildman–Crippen LogP) is 2.24. The Labute approximate surface area is 163 Å². The fraction of sp³-hybridized carbons (Fsp3) is 0.381. The Bertz CT molecular complexity index is 827. The molecule has 7 nitrogen and oxygen atoms in total. The normalized spacial score (nSPS) is 21.6. The van der Waals surface area contributed by atoms with Crippen LogP contribution in [-0.4, -0.2) is 40.7 Å². The van der Waals surface area contributed by atoms with Gasteiger partial charge in [-0.05, 0) is 37.5 Å². The quantitative estimate of drug-likeness (QED) is 0.742. The minimum atomic E-state index is -1.71. The van der Waals surface area contributed by atoms with Crippen LogP contribution < -0.4 is 10.1 Å². The van der Waals surface area contributed by atoms with Crippen LogP contribution in [0.3, 0.4) is 0 Å². The van der Waals surface area contributed by atoms with Crippen molar-refractivity contribution in [2.24, 2.45) is 0 Å². The number of benzene rings is 1. The van der Waals surface area contributed by atoms with Gasteiger partial charge in [0.15, 0.2) is 5.60 Å². The van der Waals surface area contributed by atoms with Crippen molar-refractivity contribution in [2.45, 2.75) is 43.9 Å². The molecule has 3 rings (SSSR count). The second-order valence-corrected chi connectivity index (χ2v) is 6.83. The first-order chi connectivity index (χ1) is 13.5. The monoisotopic (exact) mass is 384 g/mol. The molecule has 2 N–H and O–H groups in total. The number of amides is 1. The molecule has 148 valence electrons. The molecule has 0 bridgehead atoms. The highest BCUT2D eigenvalue weighted by Gasteiger charge is 2.47. The second-order valence-electron chi connectivity index (χ2n) is 6.83. The molecule has 1 amide bonds. The van der Waals surface area contributed by atoms with Crippen molar-refractivity contribution in [1.29, 1.82) is 0 Å². The van der Waals surface area contributed by atoms with Gasteiger partial charge in [0.1, 0.15) is 12.4 Å². The fourth-order valence-electron chi connectivity index (χ4n) is 3.43. The topological polar surface area (TPSA) is 97.8 Å². The summed E-state index contributed by atoms with van der Waals surface area (Å²) in [5.41, 5.74) is -0.497. The number of nitrogens with zero attached hydrogens (tertiary/aromatic N) is 1. The molecule has 7 heteroatoms. The molecule has 1 aromatic carbocycles. The number of aromatic nitrogens is 1. The van der Waals surface area contributed by atoms with Gasteiger partial charge in [-0.15, -0.1) is 0 Å². The molecular weight excluding hydrogens is 360 g/mol. The van der Waals surface area contributed by atoms with E-state index in [-0.39, 0.29) is 13.0 Å². The first kappa shape index (κ1) is 19.8. The number of ether oxygens (including phenoxy) is 2. The van der Waals surface area contributed by atoms with Gasteiger partial charge in [-0.2, -0.15) is 0 Å². The Balaban J connectivity index is 1.74. The van der Waals surface area contributed by atoms with Crippen molar-refractivity contribution in [1.82, 2.24) is 10.3 Å². The van der Waals surface area contributed by atoms with Gasteiger partial charge >= 0.3 is 5.97 Å². The van der Waals surface area contributed by atoms with Crippen LogP contribution in [0.25, 0.3) is 0 Å². The zero-order chi connectivity index (χ0) is 20.0. The van der Waals surface area contributed by atoms with E-state index in [9.17, 15) is 14.7 Å². The highest BCUT2D eigenvalue weighted by molar-refractivity contribution is 5.97. The third-order valence-corrected chi connectivity index (χ3v) is 4.97. The molecule has 1 aliphatic carbocycles. The average Bonchev–Trinajstić information content (AvgIpc) is 2.74. The van der Waals surface area contributed by atoms with E-state index < -0.39 is 23.5 Å². The smallest absolute Gasteiger partial charge is 0.340 e. The van der Waals surface area contributed by atoms with Gasteiger partial charge in [0, 0.05) is 18.0 Å². The Hall–Kier alpha value is -2.93. The number of nitrogens with one attached hydrogen (secondary N) is 1. The van der Waals surface area contributed by atoms with E-state index in [4.69, 9.17) is 9.47 Å². The highest BCUT2D eigenvalue weighted by Crippen LogP contribution is 2.30. The summed E-state index contributed by atoms with van der Waals surface area (Å²) in [6, 6.07) is 9.85. The summed E-state index contributed by atoms with van der Waals surface area (Å²) in [7, 11) is 1.23. The molecule has 0 spiro atoms. The molecule has 1 aromatic heterocycles. The van der Waals surface area contributed by atoms with Crippen LogP contribution in [0, 0.1) is 0 Å². The molecule has 1 saturated carbocycles. The predicted molar refractivity (Wildman–Crippen MR) is 102 cm³/mol. The largest absolute Gasteiger partial charge is 0.488 e. The van der Waals surface area contributed by atoms with Crippen LogP contribution in [0.2, 0.25) is 0 Å². The number of esters is 1. The third kappa shape index (κ3) is 4.31. The highest BCUT2D eigenvalue weighted by atomic mass is 16.5. The van der Waals surface area contributed by atoms with Gasteiger partial charge in [-0.1, -0.05) is 24.6 Å². The van der Waals surface area contributed by atoms with Crippen LogP contribution in [0.5, 0.6) is 5.75 Å². The van der Waals surface area contributed by atoms with Crippen molar-refractivity contribution in [3.63, 3.8) is 0 Å². The summed E-state index contributed by atoms with van der Waals surface area (Å²) in [6.07, 6.45) is 5.63. The van der Waals surface area contributed by atoms with E-state index in [0.29, 0.717) is 24.2 Å². The maximum atomic E-state index is 12.9. The third-order valence-electron chi connectivity index (χ3n) is 4.97. The molecule has 0 unspecified atom stereocenters. The first-order valence-electron chi connectivity index (χ1n) is 9.27. The van der Waals surface area contributed by atoms with E-state index >= 15 is 0 Å². The number of pyridine rings is 1. The van der Waals surface area contributed by atoms with Gasteiger partial charge in [-0.3, -0.25) is 9.78 Å². The van der Waals surface area contributed by atoms with E-state index in [1.165, 1.54) is 7.11 Å². The molecule has 0 aliphatic heterocycles. The molecule has 2 atom stereocenters. The number of methoxy groups -OCH3 is 1. The first-order valence-corrected chi connectivity index (χ1v) is 9.27. The van der Waals surface area contributed by atoms with E-state index in [0.717, 1.165) is 12.0 Å². The molecular formula is C21H24N2O5. The molecule has 1 fully saturated rings. The number of hydrogen-bond acceptors (Lipinski definition) is 6. The standard InChI is InChI=1S/C21H24N2O5/c1-27-20(25)21(26)11-5-4-10-18(21)23-19(24)16-8-2-3-9-17(16)28-14-15-7-6-12-22-13-15/h2-3,6-9,12-13,18,26H,4-5,10-11,14H2,1H3,(H,23,24)/t18-,21-/m1/s1. The Kier molecular flexibility index (Phi) is 6.26. The van der Waals surface area contributed by atoms with Crippen molar-refractivity contribution < 1.29 is 24.2 Å². The SMILES string of the molecule is COC(=O)[C@@]1(O)CCCC[C@H]1NC(=O)c1ccccc1OCc1cccnc1. The Morgan fingerprint density at radius 1 is 1.25 bits per heavy atom. The molecule has 1 aliphatic rings. The number of rotatable bonds is 6. The summed E-state index contributed by atoms with van der Waals surface area (Å²) in [5.74, 6) is -0.712. The summed E-state index contributed by atoms with van der Waals surface area (Å²) in [6.45, 7) is 0.271. The Morgan fingerprint density at radius 3 is 2.82 bits per heavy atom. The van der Waals surface area contributed by atoms with E-state index in [1.807, 2.05) is 12.1 Å². The summed E-state index contributed by atoms with van der Waals surface area (Å²) >= 11 is 0. The van der Waals surface area contributed by atoms with Gasteiger partial charge in [-0.25, -0.2) is 4.79 Å². The van der Waals surface area contributed by atoms with Gasteiger partial charge in [0.05, 0.1) is 18.7 Å². The van der Waals surface area contributed by atoms with Crippen molar-refractivity contribution >= 4 is 11.9 Å². The minimum absolute atomic E-state index is 0.254. The van der Waals surface area contributed by atoms with E-state index in [1.54, 1.807) is 36.7 Å². The van der Waals surface area contributed by atoms with Gasteiger partial charge in [0.25, 0.3) is 5.91 Å². The zero-order valence-electron chi connectivity index (χ0n) is 15.8. The molecule has 0 saturated heterocycles. The van der Waals surface area contributed by atoms with Gasteiger partial charge < -0.3 is 19.9 Å². The maximum absolute atomic E-state index is 12.9. The van der Waals surface area contributed by atoms with Crippen molar-refractivity contribution in [2.75, 3.05) is 7.11 Å². The molecule has 0 radical (unpaired) electrons. The minimum Gasteiger partial charge on any atom is -0.488 e. The number of carbonyl (C=O) groups is 2. The lowest BCUT2D eigenvalue weighted by atomic mass is 9.80. The second kappa shape index (κ2) is 8.84. The lowest BCUT2D eigenvalue weighted by molar-refractivity contribution is -0.168. The number of para-hydroxylation sites is 1. The van der Waals surface area contributed by atoms with Crippen LogP contribution in [-0.2, 0) is 16.1 Å². The Morgan fingerprint density at radius 2 is 2.07 bits per heavy atom. The zero-order valence-corrected chi connectivity index (χ0v) is 15.8. The number of aliphatic hydroxyl groups is 1. The van der Waals surface area contributed by atoms with Crippen molar-refractivity contribution in [3.8, 4) is 5.75 Å². The van der Waals surface area contributed by atoms with Crippen LogP contribution >= 0.6 is 0 Å². The maximum Gasteiger partial charge on any atom is 0.340 e. The molecule has 2 aromatic rings. The summed E-state index contributed by atoms with van der Waals surface area (Å²) in [4.78, 5) is 29.0. The van der Waals surface area contributed by atoms with E-state index in [2.05, 4.69) is 10.3 Å². The molecule has 28 heavy (non-hydrogen) atoms.